The Bertz CT molecular complexity index is 550. The van der Waals surface area contributed by atoms with Crippen molar-refractivity contribution in [1.29, 1.82) is 0 Å². The van der Waals surface area contributed by atoms with Gasteiger partial charge in [-0.25, -0.2) is 4.98 Å². The summed E-state index contributed by atoms with van der Waals surface area (Å²) in [6, 6.07) is 5.73. The van der Waals surface area contributed by atoms with Crippen LogP contribution in [0.2, 0.25) is 0 Å². The number of H-pyrrole nitrogens is 1. The van der Waals surface area contributed by atoms with E-state index in [2.05, 4.69) is 20.5 Å². The summed E-state index contributed by atoms with van der Waals surface area (Å²) < 4.78 is 0. The van der Waals surface area contributed by atoms with E-state index in [0.29, 0.717) is 5.69 Å². The predicted octanol–water partition coefficient (Wildman–Crippen LogP) is -0.580. The van der Waals surface area contributed by atoms with Crippen molar-refractivity contribution in [3.63, 3.8) is 0 Å². The monoisotopic (exact) mass is 231 g/mol. The lowest BCUT2D eigenvalue weighted by molar-refractivity contribution is -0.255. The maximum absolute atomic E-state index is 11.5. The molecule has 0 saturated carbocycles. The second-order valence-electron chi connectivity index (χ2n) is 3.16. The molecule has 0 radical (unpaired) electrons. The molecule has 0 atom stereocenters. The van der Waals surface area contributed by atoms with E-state index >= 15 is 0 Å². The minimum atomic E-state index is -1.30. The van der Waals surface area contributed by atoms with Crippen molar-refractivity contribution in [3.05, 3.63) is 42.0 Å². The van der Waals surface area contributed by atoms with Crippen LogP contribution in [0.1, 0.15) is 21.0 Å². The topological polar surface area (TPSA) is 111 Å². The molecule has 2 aromatic rings. The Labute approximate surface area is 95.5 Å². The summed E-state index contributed by atoms with van der Waals surface area (Å²) in [5.74, 6) is -1.76. The zero-order valence-corrected chi connectivity index (χ0v) is 8.51. The zero-order chi connectivity index (χ0) is 12.3. The molecule has 1 aromatic carbocycles. The van der Waals surface area contributed by atoms with E-state index in [1.807, 2.05) is 0 Å². The van der Waals surface area contributed by atoms with Crippen LogP contribution in [-0.4, -0.2) is 27.1 Å². The van der Waals surface area contributed by atoms with Crippen LogP contribution in [0.3, 0.4) is 0 Å². The van der Waals surface area contributed by atoms with Gasteiger partial charge in [0.1, 0.15) is 6.33 Å². The zero-order valence-electron chi connectivity index (χ0n) is 8.51. The molecule has 2 N–H and O–H groups in total. The number of carbonyl (C=O) groups excluding carboxylic acids is 2. The molecule has 17 heavy (non-hydrogen) atoms. The molecular weight excluding hydrogens is 224 g/mol. The summed E-state index contributed by atoms with van der Waals surface area (Å²) in [4.78, 5) is 25.8. The first-order valence-corrected chi connectivity index (χ1v) is 4.65. The first-order valence-electron chi connectivity index (χ1n) is 4.65. The molecule has 0 spiro atoms. The Hall–Kier alpha value is -2.70. The number of amides is 1. The summed E-state index contributed by atoms with van der Waals surface area (Å²) in [6.45, 7) is 0. The van der Waals surface area contributed by atoms with Crippen LogP contribution < -0.4 is 10.4 Å². The molecular formula is C10H7N4O3-. The van der Waals surface area contributed by atoms with Gasteiger partial charge in [0.05, 0.1) is 5.97 Å². The summed E-state index contributed by atoms with van der Waals surface area (Å²) in [5.41, 5.74) is 0.327. The van der Waals surface area contributed by atoms with E-state index in [1.165, 1.54) is 24.5 Å². The molecule has 1 aromatic heterocycles. The smallest absolute Gasteiger partial charge is 0.292 e. The van der Waals surface area contributed by atoms with Crippen molar-refractivity contribution in [1.82, 2.24) is 15.2 Å². The van der Waals surface area contributed by atoms with Crippen LogP contribution in [0.15, 0.2) is 30.6 Å². The number of aromatic amines is 1. The van der Waals surface area contributed by atoms with E-state index < -0.39 is 11.9 Å². The van der Waals surface area contributed by atoms with E-state index in [0.717, 1.165) is 0 Å². The Morgan fingerprint density at radius 2 is 2.18 bits per heavy atom. The Kier molecular flexibility index (Phi) is 2.82. The first kappa shape index (κ1) is 10.8. The lowest BCUT2D eigenvalue weighted by atomic mass is 10.2. The second-order valence-corrected chi connectivity index (χ2v) is 3.16. The highest BCUT2D eigenvalue weighted by atomic mass is 16.4. The van der Waals surface area contributed by atoms with Crippen molar-refractivity contribution in [3.8, 4) is 0 Å². The number of rotatable bonds is 3. The molecule has 86 valence electrons. The van der Waals surface area contributed by atoms with Crippen LogP contribution in [0.4, 0.5) is 5.69 Å². The molecule has 7 heteroatoms. The number of nitrogens with one attached hydrogen (secondary N) is 2. The third-order valence-electron chi connectivity index (χ3n) is 1.99. The maximum Gasteiger partial charge on any atom is 0.292 e. The molecule has 7 nitrogen and oxygen atoms in total. The van der Waals surface area contributed by atoms with Gasteiger partial charge in [0, 0.05) is 5.69 Å². The predicted molar refractivity (Wildman–Crippen MR) is 55.1 cm³/mol. The van der Waals surface area contributed by atoms with Crippen molar-refractivity contribution < 1.29 is 14.7 Å². The van der Waals surface area contributed by atoms with Gasteiger partial charge >= 0.3 is 0 Å². The first-order chi connectivity index (χ1) is 8.16. The Morgan fingerprint density at radius 1 is 1.35 bits per heavy atom. The number of aromatic nitrogens is 3. The van der Waals surface area contributed by atoms with Crippen LogP contribution >= 0.6 is 0 Å². The van der Waals surface area contributed by atoms with Crippen molar-refractivity contribution in [2.45, 2.75) is 0 Å². The molecule has 1 amide bonds. The van der Waals surface area contributed by atoms with Crippen LogP contribution in [-0.2, 0) is 0 Å². The van der Waals surface area contributed by atoms with E-state index in [4.69, 9.17) is 0 Å². The average molecular weight is 231 g/mol. The molecule has 0 unspecified atom stereocenters. The van der Waals surface area contributed by atoms with Gasteiger partial charge in [-0.3, -0.25) is 9.89 Å². The highest BCUT2D eigenvalue weighted by Crippen LogP contribution is 2.10. The summed E-state index contributed by atoms with van der Waals surface area (Å²) >= 11 is 0. The van der Waals surface area contributed by atoms with Crippen molar-refractivity contribution in [2.75, 3.05) is 5.32 Å². The van der Waals surface area contributed by atoms with E-state index in [-0.39, 0.29) is 11.4 Å². The van der Waals surface area contributed by atoms with Crippen molar-refractivity contribution >= 4 is 17.6 Å². The van der Waals surface area contributed by atoms with Crippen LogP contribution in [0, 0.1) is 0 Å². The van der Waals surface area contributed by atoms with Crippen molar-refractivity contribution in [2.24, 2.45) is 0 Å². The maximum atomic E-state index is 11.5. The lowest BCUT2D eigenvalue weighted by Gasteiger charge is -2.06. The van der Waals surface area contributed by atoms with Gasteiger partial charge in [0.25, 0.3) is 5.91 Å². The van der Waals surface area contributed by atoms with E-state index in [1.54, 1.807) is 6.07 Å². The molecule has 2 rings (SSSR count). The number of aromatic carboxylic acids is 1. The quantitative estimate of drug-likeness (QED) is 0.734. The van der Waals surface area contributed by atoms with Gasteiger partial charge in [-0.2, -0.15) is 5.10 Å². The number of hydrogen-bond acceptors (Lipinski definition) is 5. The number of carbonyl (C=O) groups is 2. The molecule has 1 heterocycles. The second kappa shape index (κ2) is 4.44. The summed E-state index contributed by atoms with van der Waals surface area (Å²) in [5, 5.41) is 19.0. The van der Waals surface area contributed by atoms with Gasteiger partial charge in [-0.15, -0.1) is 0 Å². The fraction of sp³-hybridized carbons (Fsp3) is 0. The molecule has 0 aliphatic heterocycles. The number of carboxylic acid groups (broad SMARTS) is 1. The molecule has 0 aliphatic rings. The largest absolute Gasteiger partial charge is 0.545 e. The summed E-state index contributed by atoms with van der Waals surface area (Å²) in [7, 11) is 0. The highest BCUT2D eigenvalue weighted by Gasteiger charge is 2.08. The Morgan fingerprint density at radius 3 is 2.82 bits per heavy atom. The number of hydrogen-bond donors (Lipinski definition) is 2. The fourth-order valence-electron chi connectivity index (χ4n) is 1.23. The molecule has 0 bridgehead atoms. The third kappa shape index (κ3) is 2.46. The van der Waals surface area contributed by atoms with Gasteiger partial charge in [0.15, 0.2) is 0 Å². The average Bonchev–Trinajstić information content (AvgIpc) is 2.82. The molecule has 0 aliphatic carbocycles. The minimum Gasteiger partial charge on any atom is -0.545 e. The number of anilines is 1. The highest BCUT2D eigenvalue weighted by molar-refractivity contribution is 6.02. The number of carboxylic acids is 1. The molecule has 0 fully saturated rings. The minimum absolute atomic E-state index is 0.0135. The fourth-order valence-corrected chi connectivity index (χ4v) is 1.23. The van der Waals surface area contributed by atoms with Gasteiger partial charge in [-0.1, -0.05) is 12.1 Å². The van der Waals surface area contributed by atoms with Crippen LogP contribution in [0.5, 0.6) is 0 Å². The third-order valence-corrected chi connectivity index (χ3v) is 1.99. The number of nitrogens with zero attached hydrogens (tertiary/aromatic N) is 2. The normalized spacial score (nSPS) is 9.88. The summed E-state index contributed by atoms with van der Waals surface area (Å²) in [6.07, 6.45) is 1.20. The van der Waals surface area contributed by atoms with E-state index in [9.17, 15) is 14.7 Å². The molecule has 0 saturated heterocycles. The lowest BCUT2D eigenvalue weighted by Crippen LogP contribution is -2.22. The van der Waals surface area contributed by atoms with Gasteiger partial charge in [0.2, 0.25) is 5.82 Å². The van der Waals surface area contributed by atoms with Gasteiger partial charge < -0.3 is 15.2 Å². The van der Waals surface area contributed by atoms with Crippen LogP contribution in [0.25, 0.3) is 0 Å². The van der Waals surface area contributed by atoms with Gasteiger partial charge in [-0.05, 0) is 17.7 Å². The number of benzene rings is 1. The Balaban J connectivity index is 2.16. The standard InChI is InChI=1S/C10H8N4O3/c15-9(8-11-5-12-14-8)13-7-3-1-2-6(4-7)10(16)17/h1-5H,(H,13,15)(H,16,17)(H,11,12,14)/p-1. The SMILES string of the molecule is O=C([O-])c1cccc(NC(=O)c2ncn[nH]2)c1.